The molecule has 3 rings (SSSR count). The number of rotatable bonds is 4. The maximum atomic E-state index is 12.9. The number of nitrogens with one attached hydrogen (secondary N) is 2. The summed E-state index contributed by atoms with van der Waals surface area (Å²) in [4.78, 5) is 30.3. The van der Waals surface area contributed by atoms with Crippen LogP contribution in [0.4, 0.5) is 18.0 Å². The van der Waals surface area contributed by atoms with Gasteiger partial charge in [0.2, 0.25) is 5.91 Å². The highest BCUT2D eigenvalue weighted by molar-refractivity contribution is 5.89. The van der Waals surface area contributed by atoms with Gasteiger partial charge in [-0.15, -0.1) is 13.2 Å². The van der Waals surface area contributed by atoms with E-state index in [1.165, 1.54) is 30.9 Å². The van der Waals surface area contributed by atoms with E-state index in [1.807, 2.05) is 0 Å². The van der Waals surface area contributed by atoms with Crippen molar-refractivity contribution >= 4 is 18.2 Å². The highest BCUT2D eigenvalue weighted by Gasteiger charge is 2.36. The summed E-state index contributed by atoms with van der Waals surface area (Å²) in [5.74, 6) is -0.470. The largest absolute Gasteiger partial charge is 0.573 e. The SMILES string of the molecule is CC(C)(O)C(NC(=O)N1CC(=O)NC2=C1N=CCC2)c1ccc(OC(F)(F)F)cc1. The van der Waals surface area contributed by atoms with Gasteiger partial charge in [-0.3, -0.25) is 9.69 Å². The Morgan fingerprint density at radius 3 is 2.57 bits per heavy atom. The van der Waals surface area contributed by atoms with Crippen LogP contribution in [-0.4, -0.2) is 46.7 Å². The predicted octanol–water partition coefficient (Wildman–Crippen LogP) is 2.57. The normalized spacial score (nSPS) is 17.9. The first-order chi connectivity index (χ1) is 13.9. The topological polar surface area (TPSA) is 103 Å². The van der Waals surface area contributed by atoms with E-state index in [1.54, 1.807) is 6.21 Å². The van der Waals surface area contributed by atoms with Gasteiger partial charge in [-0.1, -0.05) is 12.1 Å². The van der Waals surface area contributed by atoms with Crippen LogP contribution in [0, 0.1) is 0 Å². The minimum Gasteiger partial charge on any atom is -0.406 e. The number of hydrogen-bond donors (Lipinski definition) is 3. The number of urea groups is 1. The van der Waals surface area contributed by atoms with E-state index in [0.717, 1.165) is 12.1 Å². The lowest BCUT2D eigenvalue weighted by molar-refractivity contribution is -0.274. The van der Waals surface area contributed by atoms with E-state index in [2.05, 4.69) is 20.4 Å². The Bertz CT molecular complexity index is 889. The predicted molar refractivity (Wildman–Crippen MR) is 100 cm³/mol. The Kier molecular flexibility index (Phi) is 5.75. The average molecular weight is 426 g/mol. The number of carbonyl (C=O) groups is 2. The molecule has 1 unspecified atom stereocenters. The summed E-state index contributed by atoms with van der Waals surface area (Å²) >= 11 is 0. The van der Waals surface area contributed by atoms with Crippen LogP contribution in [0.2, 0.25) is 0 Å². The number of benzene rings is 1. The van der Waals surface area contributed by atoms with E-state index < -0.39 is 29.8 Å². The van der Waals surface area contributed by atoms with Crippen molar-refractivity contribution in [2.75, 3.05) is 6.54 Å². The summed E-state index contributed by atoms with van der Waals surface area (Å²) in [7, 11) is 0. The molecule has 0 spiro atoms. The van der Waals surface area contributed by atoms with Gasteiger partial charge in [0.15, 0.2) is 5.82 Å². The number of ether oxygens (including phenoxy) is 1. The van der Waals surface area contributed by atoms with Gasteiger partial charge in [0.05, 0.1) is 17.3 Å². The Morgan fingerprint density at radius 1 is 1.30 bits per heavy atom. The lowest BCUT2D eigenvalue weighted by Gasteiger charge is -2.35. The lowest BCUT2D eigenvalue weighted by atomic mass is 9.92. The molecular formula is C19H21F3N4O4. The number of nitrogens with zero attached hydrogens (tertiary/aromatic N) is 2. The maximum Gasteiger partial charge on any atom is 0.573 e. The van der Waals surface area contributed by atoms with Gasteiger partial charge in [0.25, 0.3) is 0 Å². The van der Waals surface area contributed by atoms with E-state index in [0.29, 0.717) is 29.9 Å². The second-order valence-electron chi connectivity index (χ2n) is 7.44. The zero-order valence-corrected chi connectivity index (χ0v) is 16.3. The summed E-state index contributed by atoms with van der Waals surface area (Å²) in [6, 6.07) is 3.17. The molecule has 1 atom stereocenters. The number of aliphatic imine (C=N–C) groups is 1. The van der Waals surface area contributed by atoms with Gasteiger partial charge in [-0.05, 0) is 44.4 Å². The van der Waals surface area contributed by atoms with Crippen molar-refractivity contribution in [3.8, 4) is 5.75 Å². The van der Waals surface area contributed by atoms with Gasteiger partial charge in [0.1, 0.15) is 12.3 Å². The minimum absolute atomic E-state index is 0.251. The molecular weight excluding hydrogens is 405 g/mol. The monoisotopic (exact) mass is 426 g/mol. The third-order valence-electron chi connectivity index (χ3n) is 4.52. The van der Waals surface area contributed by atoms with Crippen molar-refractivity contribution < 1.29 is 32.6 Å². The second-order valence-corrected chi connectivity index (χ2v) is 7.44. The fourth-order valence-electron chi connectivity index (χ4n) is 3.23. The second kappa shape index (κ2) is 7.98. The fraction of sp³-hybridized carbons (Fsp3) is 0.421. The van der Waals surface area contributed by atoms with E-state index >= 15 is 0 Å². The number of aliphatic hydroxyl groups is 1. The standard InChI is InChI=1S/C19H21F3N4O4/c1-18(2,29)15(11-5-7-12(8-6-11)30-19(20,21)22)25-17(28)26-10-14(27)24-13-4-3-9-23-16(13)26/h5-9,15,29H,3-4,10H2,1-2H3,(H,24,27)(H,25,28). The molecule has 0 aliphatic carbocycles. The smallest absolute Gasteiger partial charge is 0.406 e. The van der Waals surface area contributed by atoms with E-state index in [-0.39, 0.29) is 12.5 Å². The molecule has 0 saturated carbocycles. The number of hydrogen-bond acceptors (Lipinski definition) is 5. The van der Waals surface area contributed by atoms with Crippen molar-refractivity contribution in [1.82, 2.24) is 15.5 Å². The molecule has 1 aromatic rings. The van der Waals surface area contributed by atoms with Gasteiger partial charge in [-0.2, -0.15) is 0 Å². The molecule has 3 amide bonds. The summed E-state index contributed by atoms with van der Waals surface area (Å²) in [5, 5.41) is 15.9. The molecule has 2 aliphatic heterocycles. The maximum absolute atomic E-state index is 12.9. The quantitative estimate of drug-likeness (QED) is 0.689. The van der Waals surface area contributed by atoms with Crippen molar-refractivity contribution in [2.45, 2.75) is 44.7 Å². The molecule has 162 valence electrons. The molecule has 0 aromatic heterocycles. The van der Waals surface area contributed by atoms with Crippen molar-refractivity contribution in [3.63, 3.8) is 0 Å². The van der Waals surface area contributed by atoms with Gasteiger partial charge in [0, 0.05) is 6.21 Å². The number of amides is 3. The van der Waals surface area contributed by atoms with Gasteiger partial charge < -0.3 is 20.5 Å². The third-order valence-corrected chi connectivity index (χ3v) is 4.52. The molecule has 8 nitrogen and oxygen atoms in total. The molecule has 0 saturated heterocycles. The molecule has 2 heterocycles. The first-order valence-corrected chi connectivity index (χ1v) is 9.16. The van der Waals surface area contributed by atoms with Crippen molar-refractivity contribution in [2.24, 2.45) is 4.99 Å². The Labute approximate surface area is 170 Å². The highest BCUT2D eigenvalue weighted by atomic mass is 19.4. The third kappa shape index (κ3) is 5.09. The lowest BCUT2D eigenvalue weighted by Crippen LogP contribution is -2.52. The molecule has 0 bridgehead atoms. The molecule has 0 radical (unpaired) electrons. The molecule has 0 fully saturated rings. The first kappa shape index (κ1) is 21.6. The van der Waals surface area contributed by atoms with Crippen LogP contribution in [0.25, 0.3) is 0 Å². The Balaban J connectivity index is 1.82. The van der Waals surface area contributed by atoms with Crippen LogP contribution < -0.4 is 15.4 Å². The van der Waals surface area contributed by atoms with E-state index in [4.69, 9.17) is 0 Å². The number of allylic oxidation sites excluding steroid dienone is 1. The molecule has 11 heteroatoms. The van der Waals surface area contributed by atoms with Gasteiger partial charge in [-0.25, -0.2) is 9.79 Å². The Hall–Kier alpha value is -3.08. The van der Waals surface area contributed by atoms with Crippen molar-refractivity contribution in [1.29, 1.82) is 0 Å². The van der Waals surface area contributed by atoms with Gasteiger partial charge >= 0.3 is 12.4 Å². The first-order valence-electron chi connectivity index (χ1n) is 9.16. The zero-order chi connectivity index (χ0) is 22.1. The van der Waals surface area contributed by atoms with Crippen LogP contribution in [0.5, 0.6) is 5.75 Å². The number of halogens is 3. The molecule has 1 aromatic carbocycles. The van der Waals surface area contributed by atoms with Crippen LogP contribution >= 0.6 is 0 Å². The Morgan fingerprint density at radius 2 is 1.97 bits per heavy atom. The summed E-state index contributed by atoms with van der Waals surface area (Å²) < 4.78 is 40.9. The van der Waals surface area contributed by atoms with Crippen LogP contribution in [0.15, 0.2) is 40.8 Å². The van der Waals surface area contributed by atoms with Crippen LogP contribution in [0.3, 0.4) is 0 Å². The summed E-state index contributed by atoms with van der Waals surface area (Å²) in [6.07, 6.45) is -2.02. The molecule has 3 N–H and O–H groups in total. The van der Waals surface area contributed by atoms with Crippen molar-refractivity contribution in [3.05, 3.63) is 41.3 Å². The van der Waals surface area contributed by atoms with E-state index in [9.17, 15) is 27.9 Å². The zero-order valence-electron chi connectivity index (χ0n) is 16.3. The minimum atomic E-state index is -4.83. The summed E-state index contributed by atoms with van der Waals surface area (Å²) in [5.41, 5.74) is -0.571. The fourth-order valence-corrected chi connectivity index (χ4v) is 3.23. The average Bonchev–Trinajstić information content (AvgIpc) is 2.64. The highest BCUT2D eigenvalue weighted by Crippen LogP contribution is 2.30. The number of carbonyl (C=O) groups excluding carboxylic acids is 2. The van der Waals surface area contributed by atoms with Crippen LogP contribution in [-0.2, 0) is 4.79 Å². The molecule has 30 heavy (non-hydrogen) atoms. The number of alkyl halides is 3. The van der Waals surface area contributed by atoms with Crippen LogP contribution in [0.1, 0.15) is 38.3 Å². The summed E-state index contributed by atoms with van der Waals surface area (Å²) in [6.45, 7) is 2.65. The molecule has 2 aliphatic rings.